The number of aliphatic imine (C=N–C) groups is 1. The molecule has 0 bridgehead atoms. The highest BCUT2D eigenvalue weighted by Gasteiger charge is 1.97. The number of hydrogen-bond donors (Lipinski definition) is 2. The molecule has 1 aromatic heterocycles. The Bertz CT molecular complexity index is 373. The van der Waals surface area contributed by atoms with Gasteiger partial charge in [0.15, 0.2) is 5.96 Å². The molecule has 3 N–H and O–H groups in total. The van der Waals surface area contributed by atoms with Crippen LogP contribution >= 0.6 is 35.3 Å². The molecule has 0 spiro atoms. The molecule has 0 aliphatic rings. The minimum atomic E-state index is 0. The number of thiazole rings is 1. The Morgan fingerprint density at radius 2 is 2.38 bits per heavy atom. The first kappa shape index (κ1) is 15.4. The van der Waals surface area contributed by atoms with E-state index in [-0.39, 0.29) is 24.0 Å². The van der Waals surface area contributed by atoms with Gasteiger partial charge in [-0.15, -0.1) is 35.3 Å². The molecule has 6 heteroatoms. The predicted molar refractivity (Wildman–Crippen MR) is 80.4 cm³/mol. The highest BCUT2D eigenvalue weighted by molar-refractivity contribution is 14.0. The maximum Gasteiger partial charge on any atom is 0.189 e. The van der Waals surface area contributed by atoms with Crippen molar-refractivity contribution in [3.05, 3.63) is 28.2 Å². The third-order valence-electron chi connectivity index (χ3n) is 1.65. The first-order valence-electron chi connectivity index (χ1n) is 4.67. The van der Waals surface area contributed by atoms with Gasteiger partial charge in [0.25, 0.3) is 0 Å². The lowest BCUT2D eigenvalue weighted by Gasteiger charge is -2.03. The number of nitrogens with one attached hydrogen (secondary N) is 1. The fourth-order valence-electron chi connectivity index (χ4n) is 0.939. The first-order chi connectivity index (χ1) is 7.08. The molecule has 0 aliphatic carbocycles. The van der Waals surface area contributed by atoms with Crippen molar-refractivity contribution in [2.75, 3.05) is 6.54 Å². The Labute approximate surface area is 117 Å². The fourth-order valence-corrected chi connectivity index (χ4v) is 1.66. The van der Waals surface area contributed by atoms with Gasteiger partial charge in [-0.3, -0.25) is 0 Å². The zero-order valence-electron chi connectivity index (χ0n) is 9.49. The first-order valence-corrected chi connectivity index (χ1v) is 5.49. The molecule has 16 heavy (non-hydrogen) atoms. The van der Waals surface area contributed by atoms with Crippen LogP contribution in [0.5, 0.6) is 0 Å². The molecule has 0 atom stereocenters. The second-order valence-corrected chi connectivity index (χ2v) is 4.68. The molecule has 0 amide bonds. The van der Waals surface area contributed by atoms with Crippen LogP contribution in [0.15, 0.2) is 23.3 Å². The highest BCUT2D eigenvalue weighted by Crippen LogP contribution is 2.11. The SMILES string of the molecule is C=C(C)CNC(N)=NCc1cnc(C)s1.I. The molecule has 0 aliphatic heterocycles. The van der Waals surface area contributed by atoms with E-state index in [9.17, 15) is 0 Å². The number of hydrogen-bond acceptors (Lipinski definition) is 3. The minimum absolute atomic E-state index is 0. The summed E-state index contributed by atoms with van der Waals surface area (Å²) in [6.45, 7) is 8.93. The Kier molecular flexibility index (Phi) is 7.31. The summed E-state index contributed by atoms with van der Waals surface area (Å²) in [4.78, 5) is 9.45. The van der Waals surface area contributed by atoms with E-state index >= 15 is 0 Å². The number of aromatic nitrogens is 1. The molecule has 0 saturated carbocycles. The average Bonchev–Trinajstić information content (AvgIpc) is 2.58. The molecule has 0 aromatic carbocycles. The van der Waals surface area contributed by atoms with Crippen molar-refractivity contribution in [1.82, 2.24) is 10.3 Å². The van der Waals surface area contributed by atoms with Crippen molar-refractivity contribution in [3.8, 4) is 0 Å². The Balaban J connectivity index is 0.00000225. The molecule has 1 rings (SSSR count). The summed E-state index contributed by atoms with van der Waals surface area (Å²) in [5.41, 5.74) is 6.69. The third kappa shape index (κ3) is 6.06. The standard InChI is InChI=1S/C10H16N4S.HI/c1-7(2)4-13-10(11)14-6-9-5-12-8(3)15-9;/h5H,1,4,6H2,2-3H3,(H3,11,13,14);1H. The predicted octanol–water partition coefficient (Wildman–Crippen LogP) is 2.05. The van der Waals surface area contributed by atoms with Crippen molar-refractivity contribution >= 4 is 41.3 Å². The molecular formula is C10H17IN4S. The van der Waals surface area contributed by atoms with Crippen LogP contribution in [-0.2, 0) is 6.54 Å². The van der Waals surface area contributed by atoms with E-state index in [4.69, 9.17) is 5.73 Å². The van der Waals surface area contributed by atoms with Gasteiger partial charge in [-0.25, -0.2) is 9.98 Å². The zero-order valence-corrected chi connectivity index (χ0v) is 12.6. The number of guanidine groups is 1. The van der Waals surface area contributed by atoms with Crippen LogP contribution in [0, 0.1) is 6.92 Å². The van der Waals surface area contributed by atoms with E-state index < -0.39 is 0 Å². The average molecular weight is 352 g/mol. The third-order valence-corrected chi connectivity index (χ3v) is 2.54. The van der Waals surface area contributed by atoms with Crippen molar-refractivity contribution < 1.29 is 0 Å². The van der Waals surface area contributed by atoms with Gasteiger partial charge in [-0.05, 0) is 13.8 Å². The van der Waals surface area contributed by atoms with E-state index in [1.165, 1.54) is 0 Å². The number of halogens is 1. The number of aryl methyl sites for hydroxylation is 1. The molecule has 90 valence electrons. The Hall–Kier alpha value is -0.630. The number of rotatable bonds is 4. The van der Waals surface area contributed by atoms with Crippen molar-refractivity contribution in [2.24, 2.45) is 10.7 Å². The van der Waals surface area contributed by atoms with Gasteiger partial charge < -0.3 is 11.1 Å². The van der Waals surface area contributed by atoms with Gasteiger partial charge in [0.05, 0.1) is 11.6 Å². The molecule has 4 nitrogen and oxygen atoms in total. The second-order valence-electron chi connectivity index (χ2n) is 3.36. The van der Waals surface area contributed by atoms with Crippen LogP contribution < -0.4 is 11.1 Å². The lowest BCUT2D eigenvalue weighted by molar-refractivity contribution is 0.944. The van der Waals surface area contributed by atoms with Gasteiger partial charge in [0, 0.05) is 17.6 Å². The summed E-state index contributed by atoms with van der Waals surface area (Å²) in [5, 5.41) is 4.02. The molecule has 0 unspecified atom stereocenters. The van der Waals surface area contributed by atoms with Crippen LogP contribution in [0.1, 0.15) is 16.8 Å². The minimum Gasteiger partial charge on any atom is -0.370 e. The van der Waals surface area contributed by atoms with Crippen molar-refractivity contribution in [1.29, 1.82) is 0 Å². The summed E-state index contributed by atoms with van der Waals surface area (Å²) < 4.78 is 0. The summed E-state index contributed by atoms with van der Waals surface area (Å²) in [6.07, 6.45) is 1.83. The van der Waals surface area contributed by atoms with Crippen LogP contribution in [0.25, 0.3) is 0 Å². The number of nitrogens with zero attached hydrogens (tertiary/aromatic N) is 2. The monoisotopic (exact) mass is 352 g/mol. The fraction of sp³-hybridized carbons (Fsp3) is 0.400. The van der Waals surface area contributed by atoms with E-state index in [1.807, 2.05) is 20.0 Å². The maximum atomic E-state index is 5.66. The lowest BCUT2D eigenvalue weighted by Crippen LogP contribution is -2.32. The van der Waals surface area contributed by atoms with Gasteiger partial charge in [0.1, 0.15) is 0 Å². The largest absolute Gasteiger partial charge is 0.370 e. The van der Waals surface area contributed by atoms with Gasteiger partial charge >= 0.3 is 0 Å². The lowest BCUT2D eigenvalue weighted by atomic mass is 10.3. The van der Waals surface area contributed by atoms with E-state index in [1.54, 1.807) is 11.3 Å². The van der Waals surface area contributed by atoms with Crippen molar-refractivity contribution in [2.45, 2.75) is 20.4 Å². The van der Waals surface area contributed by atoms with Crippen LogP contribution in [0.3, 0.4) is 0 Å². The van der Waals surface area contributed by atoms with Crippen LogP contribution in [0.2, 0.25) is 0 Å². The van der Waals surface area contributed by atoms with Gasteiger partial charge in [-0.1, -0.05) is 12.2 Å². The molecule has 0 radical (unpaired) electrons. The summed E-state index contributed by atoms with van der Waals surface area (Å²) >= 11 is 1.64. The van der Waals surface area contributed by atoms with E-state index in [0.717, 1.165) is 15.5 Å². The summed E-state index contributed by atoms with van der Waals surface area (Å²) in [7, 11) is 0. The Morgan fingerprint density at radius 3 is 2.88 bits per heavy atom. The molecule has 0 saturated heterocycles. The quantitative estimate of drug-likeness (QED) is 0.377. The van der Waals surface area contributed by atoms with Crippen molar-refractivity contribution in [3.63, 3.8) is 0 Å². The van der Waals surface area contributed by atoms with Crippen LogP contribution in [0.4, 0.5) is 0 Å². The van der Waals surface area contributed by atoms with Gasteiger partial charge in [0.2, 0.25) is 0 Å². The zero-order chi connectivity index (χ0) is 11.3. The highest BCUT2D eigenvalue weighted by atomic mass is 127. The molecular weight excluding hydrogens is 335 g/mol. The summed E-state index contributed by atoms with van der Waals surface area (Å²) in [6, 6.07) is 0. The van der Waals surface area contributed by atoms with Gasteiger partial charge in [-0.2, -0.15) is 0 Å². The van der Waals surface area contributed by atoms with E-state index in [0.29, 0.717) is 19.0 Å². The topological polar surface area (TPSA) is 63.3 Å². The second kappa shape index (κ2) is 7.61. The number of nitrogens with two attached hydrogens (primary N) is 1. The molecule has 1 aromatic rings. The normalized spacial score (nSPS) is 10.8. The smallest absolute Gasteiger partial charge is 0.189 e. The molecule has 0 fully saturated rings. The van der Waals surface area contributed by atoms with Crippen LogP contribution in [-0.4, -0.2) is 17.5 Å². The molecule has 1 heterocycles. The maximum absolute atomic E-state index is 5.66. The van der Waals surface area contributed by atoms with E-state index in [2.05, 4.69) is 21.9 Å². The Morgan fingerprint density at radius 1 is 1.69 bits per heavy atom. The summed E-state index contributed by atoms with van der Waals surface area (Å²) in [5.74, 6) is 0.448.